The number of nitrogens with two attached hydrogens (primary N) is 1. The molecule has 126 valence electrons. The van der Waals surface area contributed by atoms with Crippen molar-refractivity contribution in [1.82, 2.24) is 0 Å². The highest BCUT2D eigenvalue weighted by Gasteiger charge is 2.43. The molecule has 1 aliphatic heterocycles. The van der Waals surface area contributed by atoms with Gasteiger partial charge in [-0.2, -0.15) is 0 Å². The van der Waals surface area contributed by atoms with Crippen LogP contribution in [0.2, 0.25) is 0 Å². The first kappa shape index (κ1) is 19.3. The van der Waals surface area contributed by atoms with Crippen molar-refractivity contribution in [3.63, 3.8) is 0 Å². The van der Waals surface area contributed by atoms with Gasteiger partial charge in [0, 0.05) is 24.6 Å². The summed E-state index contributed by atoms with van der Waals surface area (Å²) in [4.78, 5) is 0. The zero-order chi connectivity index (χ0) is 15.8. The topological polar surface area (TPSA) is 55.5 Å². The molecular weight excluding hydrogens is 282 g/mol. The van der Waals surface area contributed by atoms with Crippen LogP contribution in [0.15, 0.2) is 0 Å². The Morgan fingerprint density at radius 2 is 1.76 bits per heavy atom. The molecule has 2 rings (SSSR count). The molecule has 0 bridgehead atoms. The minimum Gasteiger partial charge on any atom is -0.396 e. The van der Waals surface area contributed by atoms with E-state index in [4.69, 9.17) is 15.0 Å². The third-order valence-electron chi connectivity index (χ3n) is 4.87. The number of aliphatic hydroxyl groups is 1. The molecule has 1 saturated heterocycles. The van der Waals surface area contributed by atoms with Crippen molar-refractivity contribution in [2.75, 3.05) is 19.8 Å². The molecule has 4 heteroatoms. The first-order chi connectivity index (χ1) is 9.93. The van der Waals surface area contributed by atoms with Gasteiger partial charge in [0.2, 0.25) is 0 Å². The molecule has 0 aromatic carbocycles. The van der Waals surface area contributed by atoms with Crippen molar-refractivity contribution in [3.8, 4) is 0 Å². The normalized spacial score (nSPS) is 22.1. The molecule has 0 radical (unpaired) electrons. The van der Waals surface area contributed by atoms with Crippen molar-refractivity contribution >= 4 is 11.9 Å². The number of aliphatic hydroxyl groups excluding tert-OH is 1. The second-order valence-corrected chi connectivity index (χ2v) is 8.97. The summed E-state index contributed by atoms with van der Waals surface area (Å²) in [6.07, 6.45) is 10.4. The van der Waals surface area contributed by atoms with Gasteiger partial charge in [-0.1, -0.05) is 24.8 Å². The zero-order valence-electron chi connectivity index (χ0n) is 14.2. The Morgan fingerprint density at radius 3 is 2.14 bits per heavy atom. The molecule has 0 aromatic heterocycles. The lowest BCUT2D eigenvalue weighted by Crippen LogP contribution is -2.40. The molecule has 3 nitrogen and oxygen atoms in total. The molecule has 0 aromatic rings. The summed E-state index contributed by atoms with van der Waals surface area (Å²) in [5.74, 6) is 0.915. The van der Waals surface area contributed by atoms with Crippen LogP contribution in [0.3, 0.4) is 0 Å². The Balaban J connectivity index is 0.000000315. The summed E-state index contributed by atoms with van der Waals surface area (Å²) >= 11 is 1.38. The fraction of sp³-hybridized carbons (Fsp3) is 1.00. The SMILES string of the molecule is CC(C)(C)SN.OCCCCC1(C2CCOCC2)CCC1. The van der Waals surface area contributed by atoms with Gasteiger partial charge in [-0.25, -0.2) is 0 Å². The van der Waals surface area contributed by atoms with Crippen molar-refractivity contribution in [2.24, 2.45) is 16.5 Å². The van der Waals surface area contributed by atoms with Crippen LogP contribution in [0.25, 0.3) is 0 Å². The molecular formula is C17H35NO2S. The van der Waals surface area contributed by atoms with Crippen LogP contribution in [-0.2, 0) is 4.74 Å². The van der Waals surface area contributed by atoms with E-state index in [1.807, 2.05) is 0 Å². The average molecular weight is 318 g/mol. The minimum absolute atomic E-state index is 0.236. The monoisotopic (exact) mass is 317 g/mol. The van der Waals surface area contributed by atoms with E-state index in [1.165, 1.54) is 56.9 Å². The predicted octanol–water partition coefficient (Wildman–Crippen LogP) is 4.14. The highest BCUT2D eigenvalue weighted by Crippen LogP contribution is 2.53. The maximum Gasteiger partial charge on any atom is 0.0468 e. The predicted molar refractivity (Wildman–Crippen MR) is 92.3 cm³/mol. The molecule has 0 amide bonds. The van der Waals surface area contributed by atoms with Crippen LogP contribution in [0.1, 0.15) is 72.1 Å². The smallest absolute Gasteiger partial charge is 0.0468 e. The quantitative estimate of drug-likeness (QED) is 0.591. The lowest BCUT2D eigenvalue weighted by atomic mass is 9.57. The van der Waals surface area contributed by atoms with Gasteiger partial charge in [0.15, 0.2) is 0 Å². The molecule has 0 unspecified atom stereocenters. The van der Waals surface area contributed by atoms with Crippen molar-refractivity contribution in [1.29, 1.82) is 0 Å². The van der Waals surface area contributed by atoms with Crippen LogP contribution in [0.4, 0.5) is 0 Å². The summed E-state index contributed by atoms with van der Waals surface area (Å²) < 4.78 is 5.69. The summed E-state index contributed by atoms with van der Waals surface area (Å²) in [6, 6.07) is 0. The van der Waals surface area contributed by atoms with Crippen LogP contribution in [0, 0.1) is 11.3 Å². The summed E-state index contributed by atoms with van der Waals surface area (Å²) in [6.45, 7) is 8.57. The summed E-state index contributed by atoms with van der Waals surface area (Å²) in [7, 11) is 0. The van der Waals surface area contributed by atoms with E-state index in [-0.39, 0.29) is 4.75 Å². The molecule has 1 saturated carbocycles. The maximum atomic E-state index is 8.84. The second-order valence-electron chi connectivity index (χ2n) is 7.51. The van der Waals surface area contributed by atoms with Crippen LogP contribution >= 0.6 is 11.9 Å². The van der Waals surface area contributed by atoms with Crippen LogP contribution in [0.5, 0.6) is 0 Å². The Morgan fingerprint density at radius 1 is 1.19 bits per heavy atom. The maximum absolute atomic E-state index is 8.84. The largest absolute Gasteiger partial charge is 0.396 e. The van der Waals surface area contributed by atoms with E-state index in [2.05, 4.69) is 20.8 Å². The number of unbranched alkanes of at least 4 members (excludes halogenated alkanes) is 1. The Hall–Kier alpha value is 0.230. The standard InChI is InChI=1S/C13H24O2.C4H11NS/c14-9-2-1-6-13(7-3-8-13)12-4-10-15-11-5-12;1-4(2,3)6-5/h12,14H,1-11H2;5H2,1-3H3. The number of hydrogen-bond donors (Lipinski definition) is 2. The molecule has 1 heterocycles. The van der Waals surface area contributed by atoms with Crippen LogP contribution < -0.4 is 5.14 Å². The van der Waals surface area contributed by atoms with Gasteiger partial charge in [-0.3, -0.25) is 5.14 Å². The van der Waals surface area contributed by atoms with Crippen molar-refractivity contribution in [2.45, 2.75) is 76.9 Å². The third-order valence-corrected chi connectivity index (χ3v) is 5.58. The Bertz CT molecular complexity index is 268. The van der Waals surface area contributed by atoms with E-state index >= 15 is 0 Å². The van der Waals surface area contributed by atoms with Gasteiger partial charge in [-0.05, 0) is 70.6 Å². The first-order valence-corrected chi connectivity index (χ1v) is 9.38. The lowest BCUT2D eigenvalue weighted by molar-refractivity contribution is -0.0376. The molecule has 2 fully saturated rings. The van der Waals surface area contributed by atoms with E-state index in [1.54, 1.807) is 0 Å². The Labute approximate surface area is 135 Å². The van der Waals surface area contributed by atoms with Gasteiger partial charge < -0.3 is 9.84 Å². The second kappa shape index (κ2) is 9.39. The van der Waals surface area contributed by atoms with Crippen molar-refractivity contribution < 1.29 is 9.84 Å². The number of rotatable bonds is 5. The Kier molecular flexibility index (Phi) is 8.62. The molecule has 2 aliphatic rings. The van der Waals surface area contributed by atoms with Gasteiger partial charge >= 0.3 is 0 Å². The van der Waals surface area contributed by atoms with Gasteiger partial charge in [0.25, 0.3) is 0 Å². The first-order valence-electron chi connectivity index (χ1n) is 8.50. The number of ether oxygens (including phenoxy) is 1. The molecule has 1 aliphatic carbocycles. The lowest BCUT2D eigenvalue weighted by Gasteiger charge is -2.49. The highest BCUT2D eigenvalue weighted by atomic mass is 32.2. The van der Waals surface area contributed by atoms with Gasteiger partial charge in [0.1, 0.15) is 0 Å². The summed E-state index contributed by atoms with van der Waals surface area (Å²) in [5.41, 5.74) is 0.652. The van der Waals surface area contributed by atoms with Gasteiger partial charge in [0.05, 0.1) is 0 Å². The number of hydrogen-bond acceptors (Lipinski definition) is 4. The molecule has 0 spiro atoms. The van der Waals surface area contributed by atoms with Crippen molar-refractivity contribution in [3.05, 3.63) is 0 Å². The highest BCUT2D eigenvalue weighted by molar-refractivity contribution is 7.98. The molecule has 3 N–H and O–H groups in total. The van der Waals surface area contributed by atoms with E-state index in [9.17, 15) is 0 Å². The minimum atomic E-state index is 0.236. The summed E-state index contributed by atoms with van der Waals surface area (Å²) in [5, 5.41) is 14.1. The van der Waals surface area contributed by atoms with E-state index in [0.717, 1.165) is 25.6 Å². The van der Waals surface area contributed by atoms with Crippen LogP contribution in [-0.4, -0.2) is 29.7 Å². The molecule has 0 atom stereocenters. The van der Waals surface area contributed by atoms with E-state index in [0.29, 0.717) is 12.0 Å². The third kappa shape index (κ3) is 6.89. The fourth-order valence-electron chi connectivity index (χ4n) is 3.39. The molecule has 21 heavy (non-hydrogen) atoms. The van der Waals surface area contributed by atoms with Gasteiger partial charge in [-0.15, -0.1) is 0 Å². The average Bonchev–Trinajstić information content (AvgIpc) is 2.43. The zero-order valence-corrected chi connectivity index (χ0v) is 15.0. The van der Waals surface area contributed by atoms with E-state index < -0.39 is 0 Å². The fourth-order valence-corrected chi connectivity index (χ4v) is 3.39.